The van der Waals surface area contributed by atoms with Crippen LogP contribution in [0.5, 0.6) is 0 Å². The van der Waals surface area contributed by atoms with Gasteiger partial charge in [0.05, 0.1) is 11.6 Å². The Hall–Kier alpha value is -1.81. The molecule has 2 N–H and O–H groups in total. The molecule has 0 bridgehead atoms. The molecule has 0 aromatic heterocycles. The van der Waals surface area contributed by atoms with Crippen LogP contribution in [-0.4, -0.2) is 0 Å². The lowest BCUT2D eigenvalue weighted by Crippen LogP contribution is -2.13. The van der Waals surface area contributed by atoms with E-state index in [1.54, 1.807) is 6.07 Å². The first-order valence-electron chi connectivity index (χ1n) is 6.81. The molecule has 0 aliphatic heterocycles. The van der Waals surface area contributed by atoms with Gasteiger partial charge >= 0.3 is 6.18 Å². The van der Waals surface area contributed by atoms with Crippen molar-refractivity contribution < 1.29 is 13.2 Å². The number of rotatable bonds is 3. The van der Waals surface area contributed by atoms with E-state index in [0.717, 1.165) is 17.7 Å². The zero-order valence-corrected chi connectivity index (χ0v) is 12.0. The maximum atomic E-state index is 12.7. The van der Waals surface area contributed by atoms with E-state index < -0.39 is 17.8 Å². The van der Waals surface area contributed by atoms with Crippen molar-refractivity contribution in [3.05, 3.63) is 70.8 Å². The maximum absolute atomic E-state index is 12.7. The monoisotopic (exact) mass is 293 g/mol. The normalized spacial score (nSPS) is 13.5. The highest BCUT2D eigenvalue weighted by atomic mass is 19.4. The molecular formula is C17H18F3N. The molecule has 0 heterocycles. The van der Waals surface area contributed by atoms with Crippen LogP contribution >= 0.6 is 0 Å². The van der Waals surface area contributed by atoms with E-state index in [2.05, 4.69) is 13.8 Å². The first-order valence-corrected chi connectivity index (χ1v) is 6.81. The Balaban J connectivity index is 2.29. The van der Waals surface area contributed by atoms with Crippen LogP contribution in [0.15, 0.2) is 48.5 Å². The predicted octanol–water partition coefficient (Wildman–Crippen LogP) is 4.88. The maximum Gasteiger partial charge on any atom is 0.416 e. The number of hydrogen-bond acceptors (Lipinski definition) is 1. The van der Waals surface area contributed by atoms with Crippen LogP contribution in [-0.2, 0) is 6.18 Å². The number of halogens is 3. The fraction of sp³-hybridized carbons (Fsp3) is 0.294. The summed E-state index contributed by atoms with van der Waals surface area (Å²) in [7, 11) is 0. The summed E-state index contributed by atoms with van der Waals surface area (Å²) < 4.78 is 38.2. The molecule has 2 rings (SSSR count). The Kier molecular flexibility index (Phi) is 4.37. The minimum absolute atomic E-state index is 0.406. The molecule has 1 unspecified atom stereocenters. The molecule has 112 valence electrons. The van der Waals surface area contributed by atoms with Gasteiger partial charge in [-0.2, -0.15) is 13.2 Å². The third-order valence-corrected chi connectivity index (χ3v) is 3.54. The van der Waals surface area contributed by atoms with Gasteiger partial charge in [-0.15, -0.1) is 0 Å². The zero-order chi connectivity index (χ0) is 15.6. The Morgan fingerprint density at radius 3 is 1.95 bits per heavy atom. The summed E-state index contributed by atoms with van der Waals surface area (Å²) in [5, 5.41) is 0. The van der Waals surface area contributed by atoms with Gasteiger partial charge in [0.15, 0.2) is 0 Å². The second-order valence-electron chi connectivity index (χ2n) is 5.42. The molecule has 4 heteroatoms. The summed E-state index contributed by atoms with van der Waals surface area (Å²) in [4.78, 5) is 0. The summed E-state index contributed by atoms with van der Waals surface area (Å²) >= 11 is 0. The molecule has 21 heavy (non-hydrogen) atoms. The van der Waals surface area contributed by atoms with Crippen LogP contribution in [0.25, 0.3) is 0 Å². The average Bonchev–Trinajstić information content (AvgIpc) is 2.46. The van der Waals surface area contributed by atoms with Gasteiger partial charge in [0.25, 0.3) is 0 Å². The van der Waals surface area contributed by atoms with Gasteiger partial charge in [-0.05, 0) is 34.7 Å². The largest absolute Gasteiger partial charge is 0.416 e. The van der Waals surface area contributed by atoms with Gasteiger partial charge < -0.3 is 5.73 Å². The number of benzene rings is 2. The lowest BCUT2D eigenvalue weighted by atomic mass is 9.95. The minimum atomic E-state index is -4.35. The highest BCUT2D eigenvalue weighted by Gasteiger charge is 2.30. The van der Waals surface area contributed by atoms with Crippen molar-refractivity contribution in [3.8, 4) is 0 Å². The number of alkyl halides is 3. The molecule has 0 saturated heterocycles. The fourth-order valence-electron chi connectivity index (χ4n) is 2.19. The smallest absolute Gasteiger partial charge is 0.320 e. The van der Waals surface area contributed by atoms with Crippen LogP contribution < -0.4 is 5.73 Å². The lowest BCUT2D eigenvalue weighted by Gasteiger charge is -2.16. The molecule has 1 atom stereocenters. The molecule has 2 aromatic rings. The van der Waals surface area contributed by atoms with E-state index in [1.807, 2.05) is 24.3 Å². The predicted molar refractivity (Wildman–Crippen MR) is 78.0 cm³/mol. The van der Waals surface area contributed by atoms with Gasteiger partial charge in [-0.3, -0.25) is 0 Å². The van der Waals surface area contributed by atoms with Crippen molar-refractivity contribution in [1.29, 1.82) is 0 Å². The van der Waals surface area contributed by atoms with Crippen LogP contribution in [0.4, 0.5) is 13.2 Å². The van der Waals surface area contributed by atoms with Crippen molar-refractivity contribution in [2.24, 2.45) is 5.73 Å². The van der Waals surface area contributed by atoms with Crippen LogP contribution in [0.1, 0.15) is 48.1 Å². The Bertz CT molecular complexity index is 600. The van der Waals surface area contributed by atoms with E-state index in [4.69, 9.17) is 5.73 Å². The highest BCUT2D eigenvalue weighted by molar-refractivity contribution is 5.36. The molecule has 0 fully saturated rings. The summed E-state index contributed by atoms with van der Waals surface area (Å²) in [6.07, 6.45) is -4.35. The first kappa shape index (κ1) is 15.6. The van der Waals surface area contributed by atoms with Crippen molar-refractivity contribution in [2.45, 2.75) is 32.0 Å². The zero-order valence-electron chi connectivity index (χ0n) is 12.0. The van der Waals surface area contributed by atoms with Crippen molar-refractivity contribution in [3.63, 3.8) is 0 Å². The summed E-state index contributed by atoms with van der Waals surface area (Å²) in [6, 6.07) is 12.3. The lowest BCUT2D eigenvalue weighted by molar-refractivity contribution is -0.137. The van der Waals surface area contributed by atoms with E-state index in [1.165, 1.54) is 11.6 Å². The topological polar surface area (TPSA) is 26.0 Å². The van der Waals surface area contributed by atoms with E-state index in [-0.39, 0.29) is 0 Å². The number of hydrogen-bond donors (Lipinski definition) is 1. The quantitative estimate of drug-likeness (QED) is 0.857. The molecule has 0 aliphatic carbocycles. The van der Waals surface area contributed by atoms with Crippen molar-refractivity contribution >= 4 is 0 Å². The summed E-state index contributed by atoms with van der Waals surface area (Å²) in [6.45, 7) is 4.17. The van der Waals surface area contributed by atoms with Crippen molar-refractivity contribution in [1.82, 2.24) is 0 Å². The van der Waals surface area contributed by atoms with Gasteiger partial charge in [-0.25, -0.2) is 0 Å². The Morgan fingerprint density at radius 1 is 0.857 bits per heavy atom. The Morgan fingerprint density at radius 2 is 1.43 bits per heavy atom. The van der Waals surface area contributed by atoms with Crippen molar-refractivity contribution in [2.75, 3.05) is 0 Å². The van der Waals surface area contributed by atoms with Gasteiger partial charge in [0.1, 0.15) is 0 Å². The van der Waals surface area contributed by atoms with Crippen LogP contribution in [0.3, 0.4) is 0 Å². The fourth-order valence-corrected chi connectivity index (χ4v) is 2.19. The van der Waals surface area contributed by atoms with Gasteiger partial charge in [0.2, 0.25) is 0 Å². The highest BCUT2D eigenvalue weighted by Crippen LogP contribution is 2.31. The molecule has 0 radical (unpaired) electrons. The first-order chi connectivity index (χ1) is 9.79. The molecule has 1 nitrogen and oxygen atoms in total. The standard InChI is InChI=1S/C17H18F3N/c1-11(2)12-6-8-13(9-7-12)16(21)14-4-3-5-15(10-14)17(18,19)20/h3-11,16H,21H2,1-2H3. The summed E-state index contributed by atoms with van der Waals surface area (Å²) in [5.41, 5.74) is 7.86. The van der Waals surface area contributed by atoms with Crippen LogP contribution in [0.2, 0.25) is 0 Å². The third kappa shape index (κ3) is 3.64. The van der Waals surface area contributed by atoms with Gasteiger partial charge in [-0.1, -0.05) is 50.2 Å². The second-order valence-corrected chi connectivity index (χ2v) is 5.42. The molecule has 0 amide bonds. The van der Waals surface area contributed by atoms with E-state index in [9.17, 15) is 13.2 Å². The van der Waals surface area contributed by atoms with E-state index in [0.29, 0.717) is 11.5 Å². The van der Waals surface area contributed by atoms with E-state index >= 15 is 0 Å². The van der Waals surface area contributed by atoms with Gasteiger partial charge in [0, 0.05) is 0 Å². The third-order valence-electron chi connectivity index (χ3n) is 3.54. The summed E-state index contributed by atoms with van der Waals surface area (Å²) in [5.74, 6) is 0.406. The minimum Gasteiger partial charge on any atom is -0.320 e. The molecule has 0 spiro atoms. The molecule has 0 aliphatic rings. The van der Waals surface area contributed by atoms with Crippen LogP contribution in [0, 0.1) is 0 Å². The second kappa shape index (κ2) is 5.90. The SMILES string of the molecule is CC(C)c1ccc(C(N)c2cccc(C(F)(F)F)c2)cc1. The number of nitrogens with two attached hydrogens (primary N) is 1. The molecule has 2 aromatic carbocycles. The average molecular weight is 293 g/mol. The molecular weight excluding hydrogens is 275 g/mol. The Labute approximate surface area is 122 Å². The molecule has 0 saturated carbocycles.